The van der Waals surface area contributed by atoms with Gasteiger partial charge in [-0.15, -0.1) is 22.9 Å². The third kappa shape index (κ3) is 4.55. The Bertz CT molecular complexity index is 1530. The van der Waals surface area contributed by atoms with Crippen LogP contribution in [0.3, 0.4) is 0 Å². The molecule has 0 spiro atoms. The van der Waals surface area contributed by atoms with Gasteiger partial charge in [-0.05, 0) is 29.8 Å². The maximum atomic E-state index is 12.8. The molecule has 1 amide bonds. The zero-order chi connectivity index (χ0) is 25.4. The Morgan fingerprint density at radius 3 is 2.47 bits per heavy atom. The molecule has 5 rings (SSSR count). The molecule has 4 aromatic rings. The number of nitrogens with zero attached hydrogens (tertiary/aromatic N) is 2. The lowest BCUT2D eigenvalue weighted by Gasteiger charge is -2.44. The summed E-state index contributed by atoms with van der Waals surface area (Å²) in [7, 11) is -2.47. The van der Waals surface area contributed by atoms with Gasteiger partial charge in [0.15, 0.2) is 5.13 Å². The molecule has 1 aliphatic rings. The molecule has 1 aromatic heterocycles. The maximum absolute atomic E-state index is 12.8. The fraction of sp³-hybridized carbons (Fsp3) is 0.120. The Kier molecular flexibility index (Phi) is 6.65. The summed E-state index contributed by atoms with van der Waals surface area (Å²) in [5.41, 5.74) is 3.07. The van der Waals surface area contributed by atoms with Crippen molar-refractivity contribution in [3.8, 4) is 17.0 Å². The number of β-lactam (4-membered cyclic amide) rings is 1. The zero-order valence-electron chi connectivity index (χ0n) is 18.8. The highest BCUT2D eigenvalue weighted by atomic mass is 35.5. The average Bonchev–Trinajstić information content (AvgIpc) is 3.35. The van der Waals surface area contributed by atoms with Crippen LogP contribution in [0.1, 0.15) is 11.6 Å². The van der Waals surface area contributed by atoms with Crippen molar-refractivity contribution in [3.05, 3.63) is 88.8 Å². The number of nitrogens with one attached hydrogen (secondary N) is 1. The lowest BCUT2D eigenvalue weighted by Crippen LogP contribution is -2.56. The van der Waals surface area contributed by atoms with Crippen LogP contribution < -0.4 is 14.4 Å². The number of thiazole rings is 1. The molecule has 1 aliphatic heterocycles. The number of ether oxygens (including phenoxy) is 1. The Labute approximate surface area is 222 Å². The first kappa shape index (κ1) is 24.6. The van der Waals surface area contributed by atoms with E-state index in [0.29, 0.717) is 10.7 Å². The van der Waals surface area contributed by atoms with Crippen molar-refractivity contribution in [1.82, 2.24) is 4.98 Å². The zero-order valence-corrected chi connectivity index (χ0v) is 21.9. The summed E-state index contributed by atoms with van der Waals surface area (Å²) in [6.45, 7) is 0. The van der Waals surface area contributed by atoms with Gasteiger partial charge in [0.25, 0.3) is 10.0 Å². The fourth-order valence-corrected chi connectivity index (χ4v) is 6.48. The summed E-state index contributed by atoms with van der Waals surface area (Å²) in [4.78, 5) is 18.6. The molecule has 1 fully saturated rings. The number of aromatic nitrogens is 1. The van der Waals surface area contributed by atoms with Gasteiger partial charge in [-0.3, -0.25) is 9.52 Å². The first-order valence-corrected chi connectivity index (χ1v) is 13.9. The second-order valence-electron chi connectivity index (χ2n) is 7.95. The van der Waals surface area contributed by atoms with Crippen molar-refractivity contribution >= 4 is 61.3 Å². The van der Waals surface area contributed by atoms with E-state index in [1.54, 1.807) is 10.3 Å². The number of alkyl halides is 1. The van der Waals surface area contributed by atoms with Gasteiger partial charge in [0.1, 0.15) is 11.1 Å². The lowest BCUT2D eigenvalue weighted by molar-refractivity contribution is -0.123. The van der Waals surface area contributed by atoms with Crippen molar-refractivity contribution in [2.45, 2.75) is 16.3 Å². The highest BCUT2D eigenvalue weighted by Gasteiger charge is 2.47. The number of hydrogen-bond donors (Lipinski definition) is 1. The quantitative estimate of drug-likeness (QED) is 0.222. The molecule has 2 heterocycles. The van der Waals surface area contributed by atoms with E-state index >= 15 is 0 Å². The van der Waals surface area contributed by atoms with E-state index < -0.39 is 15.4 Å². The van der Waals surface area contributed by atoms with Crippen LogP contribution in [0.15, 0.2) is 83.1 Å². The SMILES string of the molecule is COc1cc(S(=O)(=O)Nc2nc(-c3ccc(N4C(=O)C(Cl)C4c4ccccc4)cc3)cs2)ccc1Cl. The van der Waals surface area contributed by atoms with Crippen LogP contribution in [-0.2, 0) is 14.8 Å². The molecular formula is C25H19Cl2N3O4S2. The third-order valence-corrected chi connectivity index (χ3v) is 8.73. The monoisotopic (exact) mass is 559 g/mol. The highest BCUT2D eigenvalue weighted by molar-refractivity contribution is 7.93. The summed E-state index contributed by atoms with van der Waals surface area (Å²) in [6, 6.07) is 20.9. The lowest BCUT2D eigenvalue weighted by atomic mass is 9.92. The van der Waals surface area contributed by atoms with Crippen molar-refractivity contribution in [1.29, 1.82) is 0 Å². The van der Waals surface area contributed by atoms with Gasteiger partial charge in [0.05, 0.1) is 28.8 Å². The standard InChI is InChI=1S/C25H19Cl2N3O4S2/c1-34-21-13-18(11-12-19(21)26)36(32,33)29-25-28-20(14-35-25)15-7-9-17(10-8-15)30-23(22(27)24(30)31)16-5-3-2-4-6-16/h2-14,22-23H,1H3,(H,28,29). The van der Waals surface area contributed by atoms with E-state index in [1.165, 1.54) is 25.3 Å². The minimum atomic E-state index is -3.89. The first-order valence-electron chi connectivity index (χ1n) is 10.7. The number of amides is 1. The Balaban J connectivity index is 1.34. The van der Waals surface area contributed by atoms with Crippen LogP contribution in [-0.4, -0.2) is 31.8 Å². The molecule has 0 radical (unpaired) electrons. The van der Waals surface area contributed by atoms with Crippen LogP contribution >= 0.6 is 34.5 Å². The predicted octanol–water partition coefficient (Wildman–Crippen LogP) is 5.97. The Morgan fingerprint density at radius 1 is 1.06 bits per heavy atom. The number of hydrogen-bond acceptors (Lipinski definition) is 6. The predicted molar refractivity (Wildman–Crippen MR) is 143 cm³/mol. The van der Waals surface area contributed by atoms with E-state index in [9.17, 15) is 13.2 Å². The van der Waals surface area contributed by atoms with Crippen LogP contribution in [0.2, 0.25) is 5.02 Å². The van der Waals surface area contributed by atoms with Crippen LogP contribution in [0.25, 0.3) is 11.3 Å². The van der Waals surface area contributed by atoms with Gasteiger partial charge in [-0.1, -0.05) is 54.1 Å². The van der Waals surface area contributed by atoms with Crippen molar-refractivity contribution in [2.24, 2.45) is 0 Å². The molecular weight excluding hydrogens is 541 g/mol. The molecule has 3 aromatic carbocycles. The highest BCUT2D eigenvalue weighted by Crippen LogP contribution is 2.42. The first-order chi connectivity index (χ1) is 17.3. The largest absolute Gasteiger partial charge is 0.495 e. The molecule has 2 unspecified atom stereocenters. The Morgan fingerprint density at radius 2 is 1.78 bits per heavy atom. The fourth-order valence-electron chi connectivity index (χ4n) is 3.94. The molecule has 0 saturated carbocycles. The van der Waals surface area contributed by atoms with Crippen molar-refractivity contribution < 1.29 is 17.9 Å². The number of halogens is 2. The van der Waals surface area contributed by atoms with E-state index in [1.807, 2.05) is 54.6 Å². The van der Waals surface area contributed by atoms with Gasteiger partial charge in [-0.25, -0.2) is 13.4 Å². The van der Waals surface area contributed by atoms with Gasteiger partial charge >= 0.3 is 0 Å². The topological polar surface area (TPSA) is 88.6 Å². The minimum absolute atomic E-state index is 0.00892. The second-order valence-corrected chi connectivity index (χ2v) is 11.4. The molecule has 1 N–H and O–H groups in total. The molecule has 36 heavy (non-hydrogen) atoms. The molecule has 0 aliphatic carbocycles. The average molecular weight is 560 g/mol. The summed E-state index contributed by atoms with van der Waals surface area (Å²) in [6.07, 6.45) is 0. The van der Waals surface area contributed by atoms with Gasteiger partial charge < -0.3 is 9.64 Å². The minimum Gasteiger partial charge on any atom is -0.495 e. The molecule has 1 saturated heterocycles. The van der Waals surface area contributed by atoms with Crippen molar-refractivity contribution in [2.75, 3.05) is 16.7 Å². The maximum Gasteiger partial charge on any atom is 0.263 e. The van der Waals surface area contributed by atoms with E-state index in [4.69, 9.17) is 27.9 Å². The van der Waals surface area contributed by atoms with E-state index in [-0.39, 0.29) is 27.7 Å². The molecule has 2 atom stereocenters. The molecule has 7 nitrogen and oxygen atoms in total. The molecule has 184 valence electrons. The normalized spacial score (nSPS) is 17.5. The second kappa shape index (κ2) is 9.74. The number of benzene rings is 3. The summed E-state index contributed by atoms with van der Waals surface area (Å²) in [5, 5.41) is 1.68. The Hall–Kier alpha value is -3.11. The van der Waals surface area contributed by atoms with Crippen LogP contribution in [0.5, 0.6) is 5.75 Å². The third-order valence-electron chi connectivity index (χ3n) is 5.77. The van der Waals surface area contributed by atoms with E-state index in [2.05, 4.69) is 9.71 Å². The number of carbonyl (C=O) groups excluding carboxylic acids is 1. The number of anilines is 2. The summed E-state index contributed by atoms with van der Waals surface area (Å²) < 4.78 is 33.2. The molecule has 11 heteroatoms. The summed E-state index contributed by atoms with van der Waals surface area (Å²) in [5.74, 6) is 0.109. The molecule has 0 bridgehead atoms. The van der Waals surface area contributed by atoms with Gasteiger partial charge in [-0.2, -0.15) is 0 Å². The van der Waals surface area contributed by atoms with Gasteiger partial charge in [0, 0.05) is 22.7 Å². The number of methoxy groups -OCH3 is 1. The van der Waals surface area contributed by atoms with Crippen molar-refractivity contribution in [3.63, 3.8) is 0 Å². The smallest absolute Gasteiger partial charge is 0.263 e. The van der Waals surface area contributed by atoms with Crippen LogP contribution in [0, 0.1) is 0 Å². The number of sulfonamides is 1. The van der Waals surface area contributed by atoms with E-state index in [0.717, 1.165) is 28.2 Å². The summed E-state index contributed by atoms with van der Waals surface area (Å²) >= 11 is 13.5. The number of carbonyl (C=O) groups is 1. The number of rotatable bonds is 7. The van der Waals surface area contributed by atoms with Crippen LogP contribution in [0.4, 0.5) is 10.8 Å². The van der Waals surface area contributed by atoms with Gasteiger partial charge in [0.2, 0.25) is 5.91 Å².